The molecule has 1 aliphatic carbocycles. The molecule has 108 valence electrons. The summed E-state index contributed by atoms with van der Waals surface area (Å²) in [5.74, 6) is -0.128. The van der Waals surface area contributed by atoms with Gasteiger partial charge in [-0.05, 0) is 53.2 Å². The second-order valence-corrected chi connectivity index (χ2v) is 6.76. The van der Waals surface area contributed by atoms with Crippen LogP contribution in [0.2, 0.25) is 0 Å². The number of aromatic nitrogens is 1. The van der Waals surface area contributed by atoms with E-state index in [-0.39, 0.29) is 6.04 Å². The van der Waals surface area contributed by atoms with Crippen LogP contribution in [0.1, 0.15) is 37.8 Å². The van der Waals surface area contributed by atoms with Crippen LogP contribution in [0.5, 0.6) is 0 Å². The first-order valence-corrected chi connectivity index (χ1v) is 8.03. The van der Waals surface area contributed by atoms with E-state index >= 15 is 0 Å². The van der Waals surface area contributed by atoms with Gasteiger partial charge in [-0.15, -0.1) is 0 Å². The van der Waals surface area contributed by atoms with Crippen molar-refractivity contribution in [2.45, 2.75) is 50.7 Å². The van der Waals surface area contributed by atoms with Crippen LogP contribution in [-0.4, -0.2) is 33.0 Å². The van der Waals surface area contributed by atoms with Gasteiger partial charge in [0.25, 0.3) is 0 Å². The van der Waals surface area contributed by atoms with Gasteiger partial charge in [0.05, 0.1) is 5.69 Å². The molecule has 2 heterocycles. The third-order valence-electron chi connectivity index (χ3n) is 4.64. The van der Waals surface area contributed by atoms with Gasteiger partial charge in [0, 0.05) is 23.3 Å². The highest BCUT2D eigenvalue weighted by atomic mass is 79.9. The van der Waals surface area contributed by atoms with E-state index in [0.29, 0.717) is 18.5 Å². The Morgan fingerprint density at radius 2 is 2.20 bits per heavy atom. The van der Waals surface area contributed by atoms with Gasteiger partial charge in [-0.1, -0.05) is 12.8 Å². The lowest BCUT2D eigenvalue weighted by molar-refractivity contribution is -0.142. The van der Waals surface area contributed by atoms with Gasteiger partial charge >= 0.3 is 5.97 Å². The lowest BCUT2D eigenvalue weighted by Gasteiger charge is -2.32. The maximum absolute atomic E-state index is 11.5. The molecule has 5 heteroatoms. The van der Waals surface area contributed by atoms with Crippen molar-refractivity contribution in [3.8, 4) is 0 Å². The van der Waals surface area contributed by atoms with Crippen LogP contribution in [0, 0.1) is 5.92 Å². The molecule has 0 amide bonds. The molecule has 1 aliphatic heterocycles. The standard InChI is InChI=1S/C15H19BrN2O2/c16-11-5-6-12(17-8-11)9-18-13-4-2-1-3-10(13)7-14(18)15(19)20/h5-6,8,10,13-14H,1-4,7,9H2,(H,19,20). The summed E-state index contributed by atoms with van der Waals surface area (Å²) in [5, 5.41) is 9.48. The predicted molar refractivity (Wildman–Crippen MR) is 79.3 cm³/mol. The number of aliphatic carboxylic acids is 1. The van der Waals surface area contributed by atoms with Crippen molar-refractivity contribution in [3.05, 3.63) is 28.5 Å². The molecule has 1 N–H and O–H groups in total. The molecule has 0 radical (unpaired) electrons. The minimum absolute atomic E-state index is 0.339. The zero-order chi connectivity index (χ0) is 14.1. The molecule has 3 atom stereocenters. The van der Waals surface area contributed by atoms with E-state index in [9.17, 15) is 9.90 Å². The summed E-state index contributed by atoms with van der Waals surface area (Å²) in [6.07, 6.45) is 7.36. The summed E-state index contributed by atoms with van der Waals surface area (Å²) in [6.45, 7) is 0.644. The third kappa shape index (κ3) is 2.74. The lowest BCUT2D eigenvalue weighted by Crippen LogP contribution is -2.41. The predicted octanol–water partition coefficient (Wildman–Crippen LogP) is 3.06. The van der Waals surface area contributed by atoms with E-state index in [2.05, 4.69) is 25.8 Å². The average molecular weight is 339 g/mol. The maximum atomic E-state index is 11.5. The number of carboxylic acid groups (broad SMARTS) is 1. The number of rotatable bonds is 3. The summed E-state index contributed by atoms with van der Waals surface area (Å²) in [4.78, 5) is 18.1. The Balaban J connectivity index is 1.80. The Hall–Kier alpha value is -0.940. The molecule has 1 saturated carbocycles. The fraction of sp³-hybridized carbons (Fsp3) is 0.600. The molecular formula is C15H19BrN2O2. The van der Waals surface area contributed by atoms with Crippen LogP contribution in [-0.2, 0) is 11.3 Å². The summed E-state index contributed by atoms with van der Waals surface area (Å²) in [6, 6.07) is 4.02. The molecule has 4 nitrogen and oxygen atoms in total. The Morgan fingerprint density at radius 1 is 1.40 bits per heavy atom. The molecule has 1 saturated heterocycles. The fourth-order valence-electron chi connectivity index (χ4n) is 3.71. The average Bonchev–Trinajstić information content (AvgIpc) is 2.81. The molecule has 0 bridgehead atoms. The lowest BCUT2D eigenvalue weighted by atomic mass is 9.85. The van der Waals surface area contributed by atoms with Gasteiger partial charge in [-0.2, -0.15) is 0 Å². The monoisotopic (exact) mass is 338 g/mol. The van der Waals surface area contributed by atoms with Crippen LogP contribution in [0.3, 0.4) is 0 Å². The Kier molecular flexibility index (Phi) is 4.08. The van der Waals surface area contributed by atoms with Gasteiger partial charge < -0.3 is 5.11 Å². The van der Waals surface area contributed by atoms with E-state index in [1.807, 2.05) is 12.1 Å². The van der Waals surface area contributed by atoms with E-state index in [1.54, 1.807) is 6.20 Å². The third-order valence-corrected chi connectivity index (χ3v) is 5.11. The number of fused-ring (bicyclic) bond motifs is 1. The molecular weight excluding hydrogens is 320 g/mol. The van der Waals surface area contributed by atoms with Gasteiger partial charge in [0.15, 0.2) is 0 Å². The maximum Gasteiger partial charge on any atom is 0.320 e. The SMILES string of the molecule is O=C(O)C1CC2CCCCC2N1Cc1ccc(Br)cn1. The highest BCUT2D eigenvalue weighted by molar-refractivity contribution is 9.10. The zero-order valence-corrected chi connectivity index (χ0v) is 12.9. The van der Waals surface area contributed by atoms with E-state index < -0.39 is 5.97 Å². The van der Waals surface area contributed by atoms with Crippen molar-refractivity contribution < 1.29 is 9.90 Å². The quantitative estimate of drug-likeness (QED) is 0.920. The van der Waals surface area contributed by atoms with Crippen LogP contribution in [0.25, 0.3) is 0 Å². The van der Waals surface area contributed by atoms with Crippen LogP contribution in [0.4, 0.5) is 0 Å². The van der Waals surface area contributed by atoms with Gasteiger partial charge in [0.2, 0.25) is 0 Å². The molecule has 20 heavy (non-hydrogen) atoms. The van der Waals surface area contributed by atoms with Gasteiger partial charge in [-0.25, -0.2) is 0 Å². The highest BCUT2D eigenvalue weighted by Crippen LogP contribution is 2.40. The van der Waals surface area contributed by atoms with Crippen molar-refractivity contribution >= 4 is 21.9 Å². The minimum Gasteiger partial charge on any atom is -0.480 e. The zero-order valence-electron chi connectivity index (χ0n) is 11.3. The number of hydrogen-bond donors (Lipinski definition) is 1. The molecule has 1 aromatic heterocycles. The van der Waals surface area contributed by atoms with E-state index in [4.69, 9.17) is 0 Å². The second kappa shape index (κ2) is 5.82. The normalized spacial score (nSPS) is 30.1. The van der Waals surface area contributed by atoms with Crippen molar-refractivity contribution in [2.75, 3.05) is 0 Å². The van der Waals surface area contributed by atoms with E-state index in [1.165, 1.54) is 19.3 Å². The van der Waals surface area contributed by atoms with Crippen molar-refractivity contribution in [2.24, 2.45) is 5.92 Å². The number of carbonyl (C=O) groups is 1. The number of nitrogens with zero attached hydrogens (tertiary/aromatic N) is 2. The Morgan fingerprint density at radius 3 is 2.90 bits per heavy atom. The van der Waals surface area contributed by atoms with Crippen molar-refractivity contribution in [1.82, 2.24) is 9.88 Å². The highest BCUT2D eigenvalue weighted by Gasteiger charge is 2.45. The number of halogens is 1. The smallest absolute Gasteiger partial charge is 0.320 e. The molecule has 3 unspecified atom stereocenters. The first-order valence-electron chi connectivity index (χ1n) is 7.24. The Labute approximate surface area is 127 Å². The minimum atomic E-state index is -0.684. The van der Waals surface area contributed by atoms with Crippen LogP contribution < -0.4 is 0 Å². The van der Waals surface area contributed by atoms with Crippen LogP contribution in [0.15, 0.2) is 22.8 Å². The fourth-order valence-corrected chi connectivity index (χ4v) is 3.94. The largest absolute Gasteiger partial charge is 0.480 e. The van der Waals surface area contributed by atoms with Crippen molar-refractivity contribution in [1.29, 1.82) is 0 Å². The molecule has 3 rings (SSSR count). The Bertz CT molecular complexity index is 491. The summed E-state index contributed by atoms with van der Waals surface area (Å²) in [5.41, 5.74) is 0.950. The van der Waals surface area contributed by atoms with E-state index in [0.717, 1.165) is 23.0 Å². The number of pyridine rings is 1. The van der Waals surface area contributed by atoms with Crippen molar-refractivity contribution in [3.63, 3.8) is 0 Å². The molecule has 2 fully saturated rings. The van der Waals surface area contributed by atoms with Crippen LogP contribution >= 0.6 is 15.9 Å². The first-order chi connectivity index (χ1) is 9.65. The summed E-state index contributed by atoms with van der Waals surface area (Å²) < 4.78 is 0.952. The number of carboxylic acids is 1. The molecule has 0 aromatic carbocycles. The second-order valence-electron chi connectivity index (χ2n) is 5.84. The first kappa shape index (κ1) is 14.0. The summed E-state index contributed by atoms with van der Waals surface area (Å²) >= 11 is 3.38. The van der Waals surface area contributed by atoms with Gasteiger partial charge in [-0.3, -0.25) is 14.7 Å². The molecule has 2 aliphatic rings. The molecule has 1 aromatic rings. The number of hydrogen-bond acceptors (Lipinski definition) is 3. The molecule has 0 spiro atoms. The summed E-state index contributed by atoms with van der Waals surface area (Å²) in [7, 11) is 0. The van der Waals surface area contributed by atoms with Gasteiger partial charge in [0.1, 0.15) is 6.04 Å². The number of likely N-dealkylation sites (tertiary alicyclic amines) is 1. The topological polar surface area (TPSA) is 53.4 Å².